The molecule has 1 aliphatic carbocycles. The average molecular weight is 353 g/mol. The molecular formula is C22H28O2Si. The van der Waals surface area contributed by atoms with E-state index in [0.29, 0.717) is 0 Å². The van der Waals surface area contributed by atoms with Crippen LogP contribution < -0.4 is 0 Å². The minimum absolute atomic E-state index is 0.0114. The smallest absolute Gasteiger partial charge is 0.144 e. The van der Waals surface area contributed by atoms with E-state index in [1.807, 2.05) is 12.1 Å². The Kier molecular flexibility index (Phi) is 3.30. The Balaban J connectivity index is 2.04. The van der Waals surface area contributed by atoms with E-state index in [4.69, 9.17) is 4.74 Å². The van der Waals surface area contributed by atoms with Crippen LogP contribution in [0.4, 0.5) is 0 Å². The molecule has 25 heavy (non-hydrogen) atoms. The molecule has 0 saturated carbocycles. The van der Waals surface area contributed by atoms with Crippen LogP contribution >= 0.6 is 0 Å². The topological polar surface area (TPSA) is 32.8 Å². The van der Waals surface area contributed by atoms with Crippen LogP contribution in [0.2, 0.25) is 19.6 Å². The number of fused-ring (bicyclic) bond motifs is 3. The monoisotopic (exact) mass is 352 g/mol. The highest BCUT2D eigenvalue weighted by molar-refractivity contribution is 6.80. The van der Waals surface area contributed by atoms with Gasteiger partial charge in [-0.1, -0.05) is 88.9 Å². The van der Waals surface area contributed by atoms with Crippen molar-refractivity contribution in [2.24, 2.45) is 5.41 Å². The van der Waals surface area contributed by atoms with Crippen molar-refractivity contribution < 1.29 is 9.84 Å². The molecule has 0 radical (unpaired) electrons. The fourth-order valence-corrected chi connectivity index (χ4v) is 7.98. The molecular weight excluding hydrogens is 324 g/mol. The van der Waals surface area contributed by atoms with Gasteiger partial charge in [-0.25, -0.2) is 0 Å². The highest BCUT2D eigenvalue weighted by atomic mass is 28.3. The van der Waals surface area contributed by atoms with Crippen molar-refractivity contribution in [3.8, 4) is 11.1 Å². The molecule has 1 fully saturated rings. The maximum absolute atomic E-state index is 12.4. The number of ether oxygens (including phenoxy) is 1. The van der Waals surface area contributed by atoms with Gasteiger partial charge in [-0.15, -0.1) is 0 Å². The van der Waals surface area contributed by atoms with Gasteiger partial charge in [0, 0.05) is 0 Å². The Morgan fingerprint density at radius 3 is 1.68 bits per heavy atom. The number of hydrogen-bond donors (Lipinski definition) is 1. The van der Waals surface area contributed by atoms with E-state index in [9.17, 15) is 5.11 Å². The average Bonchev–Trinajstić information content (AvgIpc) is 3.27. The van der Waals surface area contributed by atoms with Gasteiger partial charge in [-0.2, -0.15) is 0 Å². The Hall–Kier alpha value is -1.42. The number of epoxide rings is 1. The molecule has 2 atom stereocenters. The van der Waals surface area contributed by atoms with Gasteiger partial charge in [0.05, 0.1) is 14.2 Å². The van der Waals surface area contributed by atoms with Crippen LogP contribution in [0.5, 0.6) is 0 Å². The van der Waals surface area contributed by atoms with E-state index in [1.165, 1.54) is 0 Å². The largest absolute Gasteiger partial charge is 0.378 e. The molecule has 2 aliphatic rings. The quantitative estimate of drug-likeness (QED) is 0.612. The molecule has 3 heteroatoms. The highest BCUT2D eigenvalue weighted by Crippen LogP contribution is 2.66. The third-order valence-electron chi connectivity index (χ3n) is 5.98. The summed E-state index contributed by atoms with van der Waals surface area (Å²) in [7, 11) is -1.89. The van der Waals surface area contributed by atoms with Gasteiger partial charge in [-0.3, -0.25) is 0 Å². The van der Waals surface area contributed by atoms with E-state index in [0.717, 1.165) is 22.3 Å². The van der Waals surface area contributed by atoms with Gasteiger partial charge in [0.2, 0.25) is 0 Å². The summed E-state index contributed by atoms with van der Waals surface area (Å²) >= 11 is 0. The molecule has 2 aromatic carbocycles. The first-order valence-corrected chi connectivity index (χ1v) is 12.6. The second kappa shape index (κ2) is 4.85. The van der Waals surface area contributed by atoms with Gasteiger partial charge in [0.1, 0.15) is 10.8 Å². The van der Waals surface area contributed by atoms with Crippen molar-refractivity contribution in [3.05, 3.63) is 59.7 Å². The summed E-state index contributed by atoms with van der Waals surface area (Å²) < 4.78 is 6.55. The minimum atomic E-state index is -1.89. The predicted octanol–water partition coefficient (Wildman–Crippen LogP) is 4.96. The summed E-state index contributed by atoms with van der Waals surface area (Å²) in [6.07, 6.45) is 0.0517. The maximum atomic E-state index is 12.4. The number of rotatable bonds is 2. The van der Waals surface area contributed by atoms with Crippen LogP contribution in [0.1, 0.15) is 31.9 Å². The van der Waals surface area contributed by atoms with Gasteiger partial charge in [-0.05, 0) is 27.7 Å². The Bertz CT molecular complexity index is 798. The molecule has 0 bridgehead atoms. The highest BCUT2D eigenvalue weighted by Gasteiger charge is 2.78. The van der Waals surface area contributed by atoms with E-state index in [-0.39, 0.29) is 11.5 Å². The minimum Gasteiger partial charge on any atom is -0.378 e. The molecule has 0 aromatic heterocycles. The van der Waals surface area contributed by atoms with E-state index in [2.05, 4.69) is 76.8 Å². The second-order valence-corrected chi connectivity index (χ2v) is 14.9. The first-order valence-electron chi connectivity index (χ1n) is 9.15. The fourth-order valence-electron chi connectivity index (χ4n) is 4.94. The van der Waals surface area contributed by atoms with Crippen LogP contribution in [0, 0.1) is 5.41 Å². The number of hydrogen-bond acceptors (Lipinski definition) is 2. The molecule has 0 amide bonds. The van der Waals surface area contributed by atoms with Crippen molar-refractivity contribution in [3.63, 3.8) is 0 Å². The number of benzene rings is 2. The van der Waals surface area contributed by atoms with E-state index < -0.39 is 18.9 Å². The molecule has 2 aromatic rings. The van der Waals surface area contributed by atoms with Gasteiger partial charge >= 0.3 is 0 Å². The SMILES string of the molecule is CC(C)(C)[C@@H]1O[C@]1(C1(O)c2ccccc2-c2ccccc21)[Si](C)(C)C. The zero-order valence-corrected chi connectivity index (χ0v) is 17.1. The standard InChI is InChI=1S/C22H28O2Si/c1-20(2,3)19-22(24-19,25(4,5)6)21(23)17-13-9-7-11-15(17)16-12-8-10-14-18(16)21/h7-14,19,23H,1-6H3/t19-,22-/m0/s1. The van der Waals surface area contributed by atoms with Gasteiger partial charge in [0.25, 0.3) is 0 Å². The zero-order chi connectivity index (χ0) is 18.3. The number of aliphatic hydroxyl groups is 1. The van der Waals surface area contributed by atoms with E-state index in [1.54, 1.807) is 0 Å². The lowest BCUT2D eigenvalue weighted by Gasteiger charge is -2.41. The lowest BCUT2D eigenvalue weighted by molar-refractivity contribution is 0.0289. The Morgan fingerprint density at radius 1 is 0.880 bits per heavy atom. The van der Waals surface area contributed by atoms with E-state index >= 15 is 0 Å². The summed E-state index contributed by atoms with van der Waals surface area (Å²) in [5.74, 6) is 0. The summed E-state index contributed by atoms with van der Waals surface area (Å²) in [5.41, 5.74) is 3.20. The first kappa shape index (κ1) is 17.0. The summed E-state index contributed by atoms with van der Waals surface area (Å²) in [6, 6.07) is 16.6. The Morgan fingerprint density at radius 2 is 1.32 bits per heavy atom. The lowest BCUT2D eigenvalue weighted by atomic mass is 9.79. The van der Waals surface area contributed by atoms with Crippen LogP contribution in [0.15, 0.2) is 48.5 Å². The molecule has 0 unspecified atom stereocenters. The first-order chi connectivity index (χ1) is 11.5. The second-order valence-electron chi connectivity index (χ2n) is 9.65. The molecule has 1 saturated heterocycles. The molecule has 1 N–H and O–H groups in total. The maximum Gasteiger partial charge on any atom is 0.144 e. The van der Waals surface area contributed by atoms with Crippen molar-refractivity contribution in [2.75, 3.05) is 0 Å². The molecule has 1 heterocycles. The van der Waals surface area contributed by atoms with Crippen LogP contribution in [-0.2, 0) is 10.3 Å². The van der Waals surface area contributed by atoms with Crippen molar-refractivity contribution in [1.29, 1.82) is 0 Å². The van der Waals surface area contributed by atoms with Gasteiger partial charge < -0.3 is 9.84 Å². The third-order valence-corrected chi connectivity index (χ3v) is 8.95. The van der Waals surface area contributed by atoms with Crippen LogP contribution in [0.25, 0.3) is 11.1 Å². The van der Waals surface area contributed by atoms with Crippen molar-refractivity contribution in [1.82, 2.24) is 0 Å². The third kappa shape index (κ3) is 1.97. The zero-order valence-electron chi connectivity index (χ0n) is 16.1. The molecule has 2 nitrogen and oxygen atoms in total. The van der Waals surface area contributed by atoms with Gasteiger partial charge in [0.15, 0.2) is 0 Å². The molecule has 132 valence electrons. The Labute approximate surface area is 151 Å². The summed E-state index contributed by atoms with van der Waals surface area (Å²) in [4.78, 5) is 0. The van der Waals surface area contributed by atoms with Crippen molar-refractivity contribution in [2.45, 2.75) is 57.3 Å². The molecule has 4 rings (SSSR count). The molecule has 0 spiro atoms. The summed E-state index contributed by atoms with van der Waals surface area (Å²) in [6.45, 7) is 13.6. The van der Waals surface area contributed by atoms with Crippen LogP contribution in [0.3, 0.4) is 0 Å². The summed E-state index contributed by atoms with van der Waals surface area (Å²) in [5, 5.41) is 11.9. The normalized spacial score (nSPS) is 26.9. The lowest BCUT2D eigenvalue weighted by Crippen LogP contribution is -2.59. The predicted molar refractivity (Wildman–Crippen MR) is 105 cm³/mol. The molecule has 1 aliphatic heterocycles. The van der Waals surface area contributed by atoms with Crippen LogP contribution in [-0.4, -0.2) is 24.5 Å². The van der Waals surface area contributed by atoms with Crippen molar-refractivity contribution >= 4 is 8.07 Å². The fraction of sp³-hybridized carbons (Fsp3) is 0.455.